The average Bonchev–Trinajstić information content (AvgIpc) is 2.23. The zero-order chi connectivity index (χ0) is 11.7. The Balaban J connectivity index is 3.55. The minimum Gasteiger partial charge on any atom is -0.122 e. The molecular weight excluding hydrogens is 199 g/mol. The molecule has 92 valence electrons. The Labute approximate surface area is 99.4 Å². The fourth-order valence-electron chi connectivity index (χ4n) is 2.09. The molecule has 0 aromatic heterocycles. The summed E-state index contributed by atoms with van der Waals surface area (Å²) in [6, 6.07) is 0. The molecular formula is C14H31P. The predicted molar refractivity (Wildman–Crippen MR) is 75.4 cm³/mol. The third-order valence-corrected chi connectivity index (χ3v) is 4.92. The van der Waals surface area contributed by atoms with Gasteiger partial charge in [-0.3, -0.25) is 0 Å². The van der Waals surface area contributed by atoms with Crippen LogP contribution < -0.4 is 0 Å². The summed E-state index contributed by atoms with van der Waals surface area (Å²) in [5, 5.41) is 0. The van der Waals surface area contributed by atoms with Gasteiger partial charge >= 0.3 is 0 Å². The van der Waals surface area contributed by atoms with Crippen molar-refractivity contribution in [3.05, 3.63) is 0 Å². The van der Waals surface area contributed by atoms with Crippen molar-refractivity contribution in [3.63, 3.8) is 0 Å². The third-order valence-electron chi connectivity index (χ3n) is 3.70. The molecule has 0 aromatic rings. The molecule has 0 heterocycles. The van der Waals surface area contributed by atoms with Crippen LogP contribution >= 0.6 is 8.58 Å². The summed E-state index contributed by atoms with van der Waals surface area (Å²) >= 11 is 0. The van der Waals surface area contributed by atoms with E-state index in [1.807, 2.05) is 0 Å². The van der Waals surface area contributed by atoms with E-state index in [1.165, 1.54) is 38.5 Å². The first-order valence-electron chi connectivity index (χ1n) is 6.79. The van der Waals surface area contributed by atoms with Gasteiger partial charge in [-0.1, -0.05) is 59.8 Å². The molecule has 1 heteroatoms. The summed E-state index contributed by atoms with van der Waals surface area (Å²) in [6.45, 7) is 11.9. The van der Waals surface area contributed by atoms with Crippen LogP contribution in [0.1, 0.15) is 66.2 Å². The molecule has 0 radical (unpaired) electrons. The fourth-order valence-corrected chi connectivity index (χ4v) is 2.69. The maximum absolute atomic E-state index is 2.45. The van der Waals surface area contributed by atoms with Crippen molar-refractivity contribution in [2.75, 3.05) is 6.66 Å². The van der Waals surface area contributed by atoms with Crippen molar-refractivity contribution in [1.82, 2.24) is 0 Å². The Morgan fingerprint density at radius 3 is 2.13 bits per heavy atom. The van der Waals surface area contributed by atoms with Gasteiger partial charge in [0.1, 0.15) is 0 Å². The Hall–Kier alpha value is 0.430. The number of hydrogen-bond acceptors (Lipinski definition) is 0. The van der Waals surface area contributed by atoms with E-state index in [1.54, 1.807) is 0 Å². The van der Waals surface area contributed by atoms with E-state index >= 15 is 0 Å². The largest absolute Gasteiger partial charge is 0.122 e. The zero-order valence-corrected chi connectivity index (χ0v) is 12.5. The fraction of sp³-hybridized carbons (Fsp3) is 1.00. The van der Waals surface area contributed by atoms with Crippen LogP contribution in [0.25, 0.3) is 0 Å². The summed E-state index contributed by atoms with van der Waals surface area (Å²) in [7, 11) is 1.12. The van der Waals surface area contributed by atoms with E-state index in [-0.39, 0.29) is 0 Å². The molecule has 0 nitrogen and oxygen atoms in total. The summed E-state index contributed by atoms with van der Waals surface area (Å²) in [5.41, 5.74) is 0.943. The van der Waals surface area contributed by atoms with E-state index in [9.17, 15) is 0 Å². The van der Waals surface area contributed by atoms with Gasteiger partial charge < -0.3 is 0 Å². The van der Waals surface area contributed by atoms with Crippen LogP contribution in [0.2, 0.25) is 0 Å². The SMILES string of the molecule is CCCCCCC(C)C(C)CC(C)PC. The zero-order valence-electron chi connectivity index (χ0n) is 11.5. The highest BCUT2D eigenvalue weighted by atomic mass is 31.1. The van der Waals surface area contributed by atoms with Gasteiger partial charge in [0.2, 0.25) is 0 Å². The van der Waals surface area contributed by atoms with Crippen LogP contribution in [-0.2, 0) is 0 Å². The van der Waals surface area contributed by atoms with E-state index in [4.69, 9.17) is 0 Å². The molecule has 0 aliphatic rings. The molecule has 4 unspecified atom stereocenters. The van der Waals surface area contributed by atoms with Crippen LogP contribution in [0, 0.1) is 11.8 Å². The van der Waals surface area contributed by atoms with Gasteiger partial charge in [-0.25, -0.2) is 0 Å². The molecule has 0 bridgehead atoms. The molecule has 0 saturated heterocycles. The molecule has 0 N–H and O–H groups in total. The summed E-state index contributed by atoms with van der Waals surface area (Å²) in [4.78, 5) is 0. The van der Waals surface area contributed by atoms with Crippen molar-refractivity contribution in [3.8, 4) is 0 Å². The summed E-state index contributed by atoms with van der Waals surface area (Å²) < 4.78 is 0. The average molecular weight is 230 g/mol. The molecule has 0 spiro atoms. The first kappa shape index (κ1) is 15.4. The molecule has 0 aromatic carbocycles. The summed E-state index contributed by atoms with van der Waals surface area (Å²) in [6.07, 6.45) is 8.55. The van der Waals surface area contributed by atoms with Gasteiger partial charge in [-0.2, -0.15) is 0 Å². The first-order valence-corrected chi connectivity index (χ1v) is 8.36. The molecule has 4 atom stereocenters. The monoisotopic (exact) mass is 230 g/mol. The molecule has 0 aliphatic carbocycles. The van der Waals surface area contributed by atoms with E-state index in [2.05, 4.69) is 34.4 Å². The van der Waals surface area contributed by atoms with Crippen LogP contribution in [0.4, 0.5) is 0 Å². The first-order chi connectivity index (χ1) is 7.11. The lowest BCUT2D eigenvalue weighted by Gasteiger charge is -2.22. The van der Waals surface area contributed by atoms with E-state index in [0.29, 0.717) is 0 Å². The lowest BCUT2D eigenvalue weighted by atomic mass is 9.87. The number of hydrogen-bond donors (Lipinski definition) is 0. The van der Waals surface area contributed by atoms with Crippen LogP contribution in [0.15, 0.2) is 0 Å². The highest BCUT2D eigenvalue weighted by Crippen LogP contribution is 2.28. The molecule has 15 heavy (non-hydrogen) atoms. The summed E-state index contributed by atoms with van der Waals surface area (Å²) in [5.74, 6) is 1.86. The highest BCUT2D eigenvalue weighted by Gasteiger charge is 2.14. The van der Waals surface area contributed by atoms with Crippen molar-refractivity contribution in [1.29, 1.82) is 0 Å². The highest BCUT2D eigenvalue weighted by molar-refractivity contribution is 7.37. The lowest BCUT2D eigenvalue weighted by molar-refractivity contribution is 0.333. The van der Waals surface area contributed by atoms with Crippen LogP contribution in [0.3, 0.4) is 0 Å². The molecule has 0 aliphatic heterocycles. The number of rotatable bonds is 9. The Kier molecular flexibility index (Phi) is 9.92. The van der Waals surface area contributed by atoms with Crippen molar-refractivity contribution in [2.24, 2.45) is 11.8 Å². The van der Waals surface area contributed by atoms with Gasteiger partial charge in [0.25, 0.3) is 0 Å². The van der Waals surface area contributed by atoms with Gasteiger partial charge in [0, 0.05) is 0 Å². The van der Waals surface area contributed by atoms with E-state index in [0.717, 1.165) is 26.1 Å². The third kappa shape index (κ3) is 8.26. The van der Waals surface area contributed by atoms with Gasteiger partial charge in [0.15, 0.2) is 0 Å². The second-order valence-corrected chi connectivity index (χ2v) is 6.79. The lowest BCUT2D eigenvalue weighted by Crippen LogP contribution is -2.12. The van der Waals surface area contributed by atoms with Crippen LogP contribution in [-0.4, -0.2) is 12.3 Å². The second-order valence-electron chi connectivity index (χ2n) is 5.23. The van der Waals surface area contributed by atoms with Gasteiger partial charge in [-0.05, 0) is 30.6 Å². The Morgan fingerprint density at radius 2 is 1.60 bits per heavy atom. The van der Waals surface area contributed by atoms with E-state index < -0.39 is 0 Å². The predicted octanol–water partition coefficient (Wildman–Crippen LogP) is 5.32. The molecule has 0 rings (SSSR count). The number of unbranched alkanes of at least 4 members (excludes halogenated alkanes) is 3. The molecule has 0 saturated carbocycles. The van der Waals surface area contributed by atoms with Gasteiger partial charge in [-0.15, -0.1) is 8.58 Å². The van der Waals surface area contributed by atoms with Crippen molar-refractivity contribution < 1.29 is 0 Å². The van der Waals surface area contributed by atoms with Gasteiger partial charge in [0.05, 0.1) is 0 Å². The quantitative estimate of drug-likeness (QED) is 0.371. The minimum absolute atomic E-state index is 0.925. The maximum atomic E-state index is 2.45. The van der Waals surface area contributed by atoms with Crippen LogP contribution in [0.5, 0.6) is 0 Å². The Morgan fingerprint density at radius 1 is 0.933 bits per heavy atom. The maximum Gasteiger partial charge on any atom is -0.0265 e. The second kappa shape index (κ2) is 9.64. The minimum atomic E-state index is 0.925. The molecule has 0 fully saturated rings. The normalized spacial score (nSPS) is 18.2. The van der Waals surface area contributed by atoms with Crippen molar-refractivity contribution >= 4 is 8.58 Å². The smallest absolute Gasteiger partial charge is 0.0265 e. The topological polar surface area (TPSA) is 0 Å². The molecule has 0 amide bonds. The standard InChI is InChI=1S/C14H31P/c1-6-7-8-9-10-12(2)13(3)11-14(4)15-5/h12-15H,6-11H2,1-5H3. The Bertz CT molecular complexity index is 133. The van der Waals surface area contributed by atoms with Crippen molar-refractivity contribution in [2.45, 2.75) is 71.9 Å².